The van der Waals surface area contributed by atoms with E-state index in [0.717, 1.165) is 12.1 Å². The lowest BCUT2D eigenvalue weighted by Gasteiger charge is -2.04. The first-order valence-electron chi connectivity index (χ1n) is 6.04. The van der Waals surface area contributed by atoms with Crippen molar-refractivity contribution in [2.24, 2.45) is 0 Å². The maximum Gasteiger partial charge on any atom is 0.320 e. The van der Waals surface area contributed by atoms with E-state index in [-0.39, 0.29) is 17.6 Å². The van der Waals surface area contributed by atoms with Gasteiger partial charge < -0.3 is 19.8 Å². The molecule has 0 radical (unpaired) electrons. The molecule has 0 bridgehead atoms. The van der Waals surface area contributed by atoms with E-state index in [2.05, 4.69) is 20.8 Å². The minimum Gasteiger partial charge on any atom is -0.406 e. The van der Waals surface area contributed by atoms with Gasteiger partial charge in [0.05, 0.1) is 18.8 Å². The number of nitrogens with zero attached hydrogens (tertiary/aromatic N) is 2. The van der Waals surface area contributed by atoms with Crippen LogP contribution in [0.1, 0.15) is 5.89 Å². The smallest absolute Gasteiger partial charge is 0.320 e. The number of ether oxygens (including phenoxy) is 1. The van der Waals surface area contributed by atoms with Crippen molar-refractivity contribution in [3.8, 4) is 0 Å². The number of anilines is 2. The van der Waals surface area contributed by atoms with E-state index in [1.165, 1.54) is 0 Å². The summed E-state index contributed by atoms with van der Waals surface area (Å²) in [5.74, 6) is -3.93. The maximum absolute atomic E-state index is 13.4. The van der Waals surface area contributed by atoms with Gasteiger partial charge in [0.15, 0.2) is 17.5 Å². The summed E-state index contributed by atoms with van der Waals surface area (Å²) in [7, 11) is 1.58. The summed E-state index contributed by atoms with van der Waals surface area (Å²) in [6.07, 6.45) is 0. The third-order valence-electron chi connectivity index (χ3n) is 2.50. The average Bonchev–Trinajstić information content (AvgIpc) is 2.92. The van der Waals surface area contributed by atoms with E-state index < -0.39 is 17.5 Å². The summed E-state index contributed by atoms with van der Waals surface area (Å²) < 4.78 is 49.3. The molecule has 0 amide bonds. The van der Waals surface area contributed by atoms with Crippen LogP contribution in [0.25, 0.3) is 0 Å². The molecule has 0 atom stereocenters. The maximum atomic E-state index is 13.4. The Morgan fingerprint density at radius 3 is 2.76 bits per heavy atom. The molecule has 0 saturated heterocycles. The Bertz CT molecular complexity index is 606. The minimum atomic E-state index is -1.57. The Labute approximate surface area is 118 Å². The van der Waals surface area contributed by atoms with Crippen LogP contribution in [0, 0.1) is 17.5 Å². The first-order valence-corrected chi connectivity index (χ1v) is 6.04. The zero-order chi connectivity index (χ0) is 15.2. The van der Waals surface area contributed by atoms with Crippen LogP contribution in [-0.2, 0) is 11.3 Å². The van der Waals surface area contributed by atoms with Gasteiger partial charge in [0.25, 0.3) is 0 Å². The quantitative estimate of drug-likeness (QED) is 0.602. The Hall–Kier alpha value is -2.13. The molecular formula is C12H13F3N4O2. The van der Waals surface area contributed by atoms with Gasteiger partial charge in [-0.1, -0.05) is 5.10 Å². The second-order valence-electron chi connectivity index (χ2n) is 4.02. The van der Waals surface area contributed by atoms with Crippen molar-refractivity contribution in [2.75, 3.05) is 25.6 Å². The fourth-order valence-electron chi connectivity index (χ4n) is 1.48. The lowest BCUT2D eigenvalue weighted by atomic mass is 10.3. The molecule has 0 saturated carbocycles. The third kappa shape index (κ3) is 3.92. The van der Waals surface area contributed by atoms with Gasteiger partial charge in [0, 0.05) is 13.7 Å². The standard InChI is InChI=1S/C12H13F3N4O2/c1-20-5-4-16-6-9-18-19-12(21-9)17-8-3-2-7(13)10(14)11(8)15/h2-3,16H,4-6H2,1H3,(H,17,19). The largest absolute Gasteiger partial charge is 0.406 e. The van der Waals surface area contributed by atoms with Gasteiger partial charge in [-0.3, -0.25) is 0 Å². The number of halogens is 3. The minimum absolute atomic E-state index is 0.122. The van der Waals surface area contributed by atoms with Crippen molar-refractivity contribution >= 4 is 11.7 Å². The molecule has 1 aromatic heterocycles. The Morgan fingerprint density at radius 2 is 2.00 bits per heavy atom. The highest BCUT2D eigenvalue weighted by molar-refractivity contribution is 5.52. The zero-order valence-corrected chi connectivity index (χ0v) is 11.1. The molecular weight excluding hydrogens is 289 g/mol. The van der Waals surface area contributed by atoms with Crippen LogP contribution >= 0.6 is 0 Å². The van der Waals surface area contributed by atoms with E-state index in [1.807, 2.05) is 0 Å². The molecule has 0 aliphatic heterocycles. The predicted molar refractivity (Wildman–Crippen MR) is 67.5 cm³/mol. The number of rotatable bonds is 7. The molecule has 114 valence electrons. The molecule has 2 N–H and O–H groups in total. The molecule has 9 heteroatoms. The summed E-state index contributed by atoms with van der Waals surface area (Å²) in [6.45, 7) is 1.43. The number of nitrogens with one attached hydrogen (secondary N) is 2. The molecule has 0 fully saturated rings. The number of benzene rings is 1. The van der Waals surface area contributed by atoms with Crippen molar-refractivity contribution in [3.63, 3.8) is 0 Å². The SMILES string of the molecule is COCCNCc1nnc(Nc2ccc(F)c(F)c2F)o1. The molecule has 6 nitrogen and oxygen atoms in total. The Morgan fingerprint density at radius 1 is 1.19 bits per heavy atom. The van der Waals surface area contributed by atoms with Crippen LogP contribution < -0.4 is 10.6 Å². The van der Waals surface area contributed by atoms with Gasteiger partial charge in [-0.2, -0.15) is 0 Å². The number of hydrogen-bond donors (Lipinski definition) is 2. The van der Waals surface area contributed by atoms with Gasteiger partial charge in [-0.05, 0) is 12.1 Å². The molecule has 0 aliphatic rings. The van der Waals surface area contributed by atoms with E-state index in [0.29, 0.717) is 19.7 Å². The summed E-state index contributed by atoms with van der Waals surface area (Å²) in [6, 6.07) is 1.71. The van der Waals surface area contributed by atoms with Gasteiger partial charge in [-0.15, -0.1) is 5.10 Å². The monoisotopic (exact) mass is 302 g/mol. The molecule has 0 unspecified atom stereocenters. The number of aromatic nitrogens is 2. The molecule has 21 heavy (non-hydrogen) atoms. The molecule has 2 rings (SSSR count). The van der Waals surface area contributed by atoms with Gasteiger partial charge in [0.2, 0.25) is 5.89 Å². The Kier molecular flexibility index (Phi) is 5.12. The summed E-state index contributed by atoms with van der Waals surface area (Å²) >= 11 is 0. The first kappa shape index (κ1) is 15.3. The molecule has 0 aliphatic carbocycles. The molecule has 2 aromatic rings. The normalized spacial score (nSPS) is 10.9. The van der Waals surface area contributed by atoms with Crippen molar-refractivity contribution in [1.82, 2.24) is 15.5 Å². The third-order valence-corrected chi connectivity index (χ3v) is 2.50. The second-order valence-corrected chi connectivity index (χ2v) is 4.02. The summed E-state index contributed by atoms with van der Waals surface area (Å²) in [5.41, 5.74) is -0.295. The molecule has 1 heterocycles. The predicted octanol–water partition coefficient (Wildman–Crippen LogP) is 1.97. The van der Waals surface area contributed by atoms with Crippen molar-refractivity contribution in [3.05, 3.63) is 35.5 Å². The highest BCUT2D eigenvalue weighted by Crippen LogP contribution is 2.22. The van der Waals surface area contributed by atoms with Crippen LogP contribution in [-0.4, -0.2) is 30.5 Å². The second kappa shape index (κ2) is 7.04. The number of methoxy groups -OCH3 is 1. The van der Waals surface area contributed by atoms with Crippen LogP contribution in [0.4, 0.5) is 24.9 Å². The summed E-state index contributed by atoms with van der Waals surface area (Å²) in [5, 5.41) is 12.7. The van der Waals surface area contributed by atoms with E-state index in [9.17, 15) is 13.2 Å². The van der Waals surface area contributed by atoms with Crippen LogP contribution in [0.3, 0.4) is 0 Å². The summed E-state index contributed by atoms with van der Waals surface area (Å²) in [4.78, 5) is 0. The van der Waals surface area contributed by atoms with Gasteiger partial charge in [-0.25, -0.2) is 13.2 Å². The molecule has 1 aromatic carbocycles. The molecule has 0 spiro atoms. The van der Waals surface area contributed by atoms with Gasteiger partial charge in [0.1, 0.15) is 0 Å². The number of hydrogen-bond acceptors (Lipinski definition) is 6. The van der Waals surface area contributed by atoms with Crippen molar-refractivity contribution in [2.45, 2.75) is 6.54 Å². The van der Waals surface area contributed by atoms with E-state index in [4.69, 9.17) is 9.15 Å². The lowest BCUT2D eigenvalue weighted by molar-refractivity contribution is 0.198. The zero-order valence-electron chi connectivity index (χ0n) is 11.1. The highest BCUT2D eigenvalue weighted by Gasteiger charge is 2.15. The topological polar surface area (TPSA) is 72.2 Å². The van der Waals surface area contributed by atoms with E-state index >= 15 is 0 Å². The van der Waals surface area contributed by atoms with Crippen LogP contribution in [0.5, 0.6) is 0 Å². The first-order chi connectivity index (χ1) is 10.1. The van der Waals surface area contributed by atoms with Crippen molar-refractivity contribution in [1.29, 1.82) is 0 Å². The average molecular weight is 302 g/mol. The van der Waals surface area contributed by atoms with Crippen LogP contribution in [0.2, 0.25) is 0 Å². The Balaban J connectivity index is 1.98. The lowest BCUT2D eigenvalue weighted by Crippen LogP contribution is -2.18. The van der Waals surface area contributed by atoms with Crippen molar-refractivity contribution < 1.29 is 22.3 Å². The van der Waals surface area contributed by atoms with E-state index in [1.54, 1.807) is 7.11 Å². The van der Waals surface area contributed by atoms with Crippen LogP contribution in [0.15, 0.2) is 16.5 Å². The highest BCUT2D eigenvalue weighted by atomic mass is 19.2. The fraction of sp³-hybridized carbons (Fsp3) is 0.333. The van der Waals surface area contributed by atoms with Gasteiger partial charge >= 0.3 is 6.01 Å². The fourth-order valence-corrected chi connectivity index (χ4v) is 1.48.